The van der Waals surface area contributed by atoms with Gasteiger partial charge >= 0.3 is 5.97 Å². The fourth-order valence-corrected chi connectivity index (χ4v) is 3.99. The molecule has 0 amide bonds. The Bertz CT molecular complexity index is 351. The van der Waals surface area contributed by atoms with Crippen LogP contribution < -0.4 is 0 Å². The molecule has 5 nitrogen and oxygen atoms in total. The number of aliphatic carboxylic acids is 1. The van der Waals surface area contributed by atoms with Crippen LogP contribution in [0.2, 0.25) is 0 Å². The summed E-state index contributed by atoms with van der Waals surface area (Å²) in [4.78, 5) is 10.8. The molecule has 0 aromatic heterocycles. The maximum Gasteiger partial charge on any atom is 0.307 e. The number of carbonyl (C=O) groups is 1. The average molecular weight is 235 g/mol. The SMILES string of the molecule is CC1CN(C(C)C(C)C(=O)O)S(=O)(=O)C1. The summed E-state index contributed by atoms with van der Waals surface area (Å²) in [5.74, 6) is -1.43. The molecule has 1 heterocycles. The van der Waals surface area contributed by atoms with Crippen molar-refractivity contribution in [3.8, 4) is 0 Å². The molecule has 3 unspecified atom stereocenters. The normalized spacial score (nSPS) is 29.9. The lowest BCUT2D eigenvalue weighted by Gasteiger charge is -2.25. The molecule has 0 aromatic rings. The molecule has 0 bridgehead atoms. The molecular formula is C9H17NO4S. The van der Waals surface area contributed by atoms with Gasteiger partial charge in [-0.3, -0.25) is 4.79 Å². The van der Waals surface area contributed by atoms with Crippen molar-refractivity contribution >= 4 is 16.0 Å². The Hall–Kier alpha value is -0.620. The van der Waals surface area contributed by atoms with Gasteiger partial charge in [-0.2, -0.15) is 4.31 Å². The Kier molecular flexibility index (Phi) is 3.40. The second-order valence-corrected chi connectivity index (χ2v) is 6.29. The smallest absolute Gasteiger partial charge is 0.307 e. The van der Waals surface area contributed by atoms with Gasteiger partial charge in [0.1, 0.15) is 0 Å². The first-order valence-corrected chi connectivity index (χ1v) is 6.59. The van der Waals surface area contributed by atoms with Crippen LogP contribution in [0.25, 0.3) is 0 Å². The van der Waals surface area contributed by atoms with Crippen LogP contribution in [0, 0.1) is 11.8 Å². The molecule has 6 heteroatoms. The van der Waals surface area contributed by atoms with Crippen molar-refractivity contribution < 1.29 is 18.3 Å². The van der Waals surface area contributed by atoms with Gasteiger partial charge in [-0.25, -0.2) is 8.42 Å². The van der Waals surface area contributed by atoms with Crippen LogP contribution in [0.4, 0.5) is 0 Å². The van der Waals surface area contributed by atoms with Crippen molar-refractivity contribution in [3.63, 3.8) is 0 Å². The maximum atomic E-state index is 11.7. The first kappa shape index (κ1) is 12.4. The second kappa shape index (κ2) is 4.09. The highest BCUT2D eigenvalue weighted by Gasteiger charge is 2.39. The van der Waals surface area contributed by atoms with Crippen LogP contribution in [0.3, 0.4) is 0 Å². The third-order valence-electron chi connectivity index (χ3n) is 2.91. The molecular weight excluding hydrogens is 218 g/mol. The Balaban J connectivity index is 2.85. The molecule has 0 radical (unpaired) electrons. The van der Waals surface area contributed by atoms with E-state index in [1.54, 1.807) is 6.92 Å². The summed E-state index contributed by atoms with van der Waals surface area (Å²) in [5, 5.41) is 8.83. The monoisotopic (exact) mass is 235 g/mol. The van der Waals surface area contributed by atoms with Gasteiger partial charge in [0.05, 0.1) is 11.7 Å². The van der Waals surface area contributed by atoms with Gasteiger partial charge in [-0.15, -0.1) is 0 Å². The summed E-state index contributed by atoms with van der Waals surface area (Å²) < 4.78 is 24.7. The van der Waals surface area contributed by atoms with Crippen molar-refractivity contribution in [2.75, 3.05) is 12.3 Å². The summed E-state index contributed by atoms with van der Waals surface area (Å²) in [6.45, 7) is 5.47. The zero-order valence-electron chi connectivity index (χ0n) is 9.17. The number of nitrogens with zero attached hydrogens (tertiary/aromatic N) is 1. The van der Waals surface area contributed by atoms with Crippen molar-refractivity contribution in [1.82, 2.24) is 4.31 Å². The topological polar surface area (TPSA) is 74.7 Å². The van der Waals surface area contributed by atoms with Gasteiger partial charge in [0.2, 0.25) is 10.0 Å². The molecule has 0 spiro atoms. The molecule has 1 rings (SSSR count). The number of sulfonamides is 1. The van der Waals surface area contributed by atoms with Crippen molar-refractivity contribution in [1.29, 1.82) is 0 Å². The lowest BCUT2D eigenvalue weighted by molar-refractivity contribution is -0.142. The molecule has 1 aliphatic rings. The summed E-state index contributed by atoms with van der Waals surface area (Å²) >= 11 is 0. The van der Waals surface area contributed by atoms with Gasteiger partial charge in [0.15, 0.2) is 0 Å². The molecule has 1 aliphatic heterocycles. The van der Waals surface area contributed by atoms with E-state index >= 15 is 0 Å². The predicted molar refractivity (Wildman–Crippen MR) is 55.9 cm³/mol. The number of hydrogen-bond donors (Lipinski definition) is 1. The average Bonchev–Trinajstić information content (AvgIpc) is 2.36. The van der Waals surface area contributed by atoms with E-state index in [4.69, 9.17) is 5.11 Å². The first-order chi connectivity index (χ1) is 6.75. The van der Waals surface area contributed by atoms with Crippen LogP contribution in [-0.4, -0.2) is 42.1 Å². The zero-order valence-corrected chi connectivity index (χ0v) is 9.99. The zero-order chi connectivity index (χ0) is 11.8. The number of carboxylic acid groups (broad SMARTS) is 1. The molecule has 0 saturated carbocycles. The van der Waals surface area contributed by atoms with Crippen molar-refractivity contribution in [3.05, 3.63) is 0 Å². The number of hydrogen-bond acceptors (Lipinski definition) is 3. The molecule has 1 saturated heterocycles. The summed E-state index contributed by atoms with van der Waals surface area (Å²) in [5.41, 5.74) is 0. The standard InChI is InChI=1S/C9H17NO4S/c1-6-4-10(15(13,14)5-6)8(3)7(2)9(11)12/h6-8H,4-5H2,1-3H3,(H,11,12). The van der Waals surface area contributed by atoms with Crippen LogP contribution in [0.5, 0.6) is 0 Å². The van der Waals surface area contributed by atoms with E-state index in [0.717, 1.165) is 0 Å². The minimum Gasteiger partial charge on any atom is -0.481 e. The van der Waals surface area contributed by atoms with Gasteiger partial charge in [0, 0.05) is 12.6 Å². The quantitative estimate of drug-likeness (QED) is 0.767. The fraction of sp³-hybridized carbons (Fsp3) is 0.889. The van der Waals surface area contributed by atoms with E-state index in [2.05, 4.69) is 0 Å². The lowest BCUT2D eigenvalue weighted by atomic mass is 10.0. The van der Waals surface area contributed by atoms with E-state index < -0.39 is 28.0 Å². The number of rotatable bonds is 3. The minimum absolute atomic E-state index is 0.0819. The molecule has 0 aromatic carbocycles. The van der Waals surface area contributed by atoms with E-state index in [1.165, 1.54) is 11.2 Å². The molecule has 1 fully saturated rings. The fourth-order valence-electron chi connectivity index (χ4n) is 1.80. The highest BCUT2D eigenvalue weighted by molar-refractivity contribution is 7.89. The molecule has 15 heavy (non-hydrogen) atoms. The van der Waals surface area contributed by atoms with Crippen LogP contribution in [-0.2, 0) is 14.8 Å². The van der Waals surface area contributed by atoms with E-state index in [0.29, 0.717) is 6.54 Å². The largest absolute Gasteiger partial charge is 0.481 e. The highest BCUT2D eigenvalue weighted by Crippen LogP contribution is 2.25. The molecule has 3 atom stereocenters. The van der Waals surface area contributed by atoms with E-state index in [9.17, 15) is 13.2 Å². The molecule has 88 valence electrons. The predicted octanol–water partition coefficient (Wildman–Crippen LogP) is 0.377. The van der Waals surface area contributed by atoms with Crippen molar-refractivity contribution in [2.45, 2.75) is 26.8 Å². The van der Waals surface area contributed by atoms with Crippen LogP contribution in [0.15, 0.2) is 0 Å². The summed E-state index contributed by atoms with van der Waals surface area (Å²) in [6, 6.07) is -0.475. The Morgan fingerprint density at radius 3 is 2.33 bits per heavy atom. The van der Waals surface area contributed by atoms with Crippen LogP contribution >= 0.6 is 0 Å². The van der Waals surface area contributed by atoms with Gasteiger partial charge < -0.3 is 5.11 Å². The third kappa shape index (κ3) is 2.49. The Morgan fingerprint density at radius 2 is 2.00 bits per heavy atom. The lowest BCUT2D eigenvalue weighted by Crippen LogP contribution is -2.41. The third-order valence-corrected chi connectivity index (χ3v) is 5.10. The number of carboxylic acids is 1. The Morgan fingerprint density at radius 1 is 1.47 bits per heavy atom. The Labute approximate surface area is 90.1 Å². The van der Waals surface area contributed by atoms with Gasteiger partial charge in [0.25, 0.3) is 0 Å². The highest BCUT2D eigenvalue weighted by atomic mass is 32.2. The van der Waals surface area contributed by atoms with E-state index in [-0.39, 0.29) is 11.7 Å². The second-order valence-electron chi connectivity index (χ2n) is 4.32. The first-order valence-electron chi connectivity index (χ1n) is 4.98. The summed E-state index contributed by atoms with van der Waals surface area (Å²) in [7, 11) is -3.24. The maximum absolute atomic E-state index is 11.7. The van der Waals surface area contributed by atoms with E-state index in [1.807, 2.05) is 6.92 Å². The minimum atomic E-state index is -3.24. The van der Waals surface area contributed by atoms with Crippen LogP contribution in [0.1, 0.15) is 20.8 Å². The summed E-state index contributed by atoms with van der Waals surface area (Å²) in [6.07, 6.45) is 0. The van der Waals surface area contributed by atoms with Gasteiger partial charge in [-0.05, 0) is 12.8 Å². The molecule has 1 N–H and O–H groups in total. The van der Waals surface area contributed by atoms with Gasteiger partial charge in [-0.1, -0.05) is 13.8 Å². The van der Waals surface area contributed by atoms with Crippen molar-refractivity contribution in [2.24, 2.45) is 11.8 Å². The molecule has 0 aliphatic carbocycles.